The fourth-order valence-electron chi connectivity index (χ4n) is 1.78. The molecule has 0 saturated heterocycles. The molecule has 20 heavy (non-hydrogen) atoms. The van der Waals surface area contributed by atoms with E-state index in [4.69, 9.17) is 23.2 Å². The van der Waals surface area contributed by atoms with E-state index in [0.717, 1.165) is 5.56 Å². The summed E-state index contributed by atoms with van der Waals surface area (Å²) >= 11 is 11.9. The van der Waals surface area contributed by atoms with Crippen molar-refractivity contribution >= 4 is 29.1 Å². The van der Waals surface area contributed by atoms with Gasteiger partial charge in [-0.05, 0) is 45.4 Å². The number of amides is 1. The van der Waals surface area contributed by atoms with Crippen molar-refractivity contribution in [3.63, 3.8) is 0 Å². The Morgan fingerprint density at radius 1 is 1.25 bits per heavy atom. The van der Waals surface area contributed by atoms with Gasteiger partial charge in [-0.25, -0.2) is 0 Å². The molecule has 0 aliphatic carbocycles. The van der Waals surface area contributed by atoms with Crippen LogP contribution in [0.3, 0.4) is 0 Å². The molecule has 0 aromatic heterocycles. The molecular formula is C15H22Cl2N2O. The molecule has 1 aromatic carbocycles. The summed E-state index contributed by atoms with van der Waals surface area (Å²) in [4.78, 5) is 11.7. The highest BCUT2D eigenvalue weighted by Gasteiger charge is 2.13. The van der Waals surface area contributed by atoms with Gasteiger partial charge < -0.3 is 10.6 Å². The lowest BCUT2D eigenvalue weighted by Crippen LogP contribution is -2.41. The van der Waals surface area contributed by atoms with Gasteiger partial charge in [-0.15, -0.1) is 0 Å². The van der Waals surface area contributed by atoms with E-state index in [9.17, 15) is 4.79 Å². The number of carbonyl (C=O) groups is 1. The van der Waals surface area contributed by atoms with Gasteiger partial charge in [-0.1, -0.05) is 29.3 Å². The van der Waals surface area contributed by atoms with Crippen LogP contribution >= 0.6 is 23.2 Å². The van der Waals surface area contributed by atoms with Crippen molar-refractivity contribution in [2.75, 3.05) is 6.54 Å². The van der Waals surface area contributed by atoms with E-state index in [1.54, 1.807) is 6.07 Å². The Bertz CT molecular complexity index is 469. The molecular weight excluding hydrogens is 295 g/mol. The molecule has 0 aliphatic rings. The predicted molar refractivity (Wildman–Crippen MR) is 85.4 cm³/mol. The quantitative estimate of drug-likeness (QED) is 0.863. The van der Waals surface area contributed by atoms with Crippen LogP contribution in [0.4, 0.5) is 0 Å². The van der Waals surface area contributed by atoms with Gasteiger partial charge in [0.1, 0.15) is 0 Å². The highest BCUT2D eigenvalue weighted by molar-refractivity contribution is 6.42. The maximum atomic E-state index is 11.7. The smallest absolute Gasteiger partial charge is 0.221 e. The molecule has 1 rings (SSSR count). The Labute approximate surface area is 131 Å². The molecule has 1 amide bonds. The third-order valence-corrected chi connectivity index (χ3v) is 3.50. The lowest BCUT2D eigenvalue weighted by atomic mass is 10.1. The summed E-state index contributed by atoms with van der Waals surface area (Å²) in [6.07, 6.45) is 0.447. The average Bonchev–Trinajstić information content (AvgIpc) is 2.30. The molecule has 0 fully saturated rings. The second-order valence-electron chi connectivity index (χ2n) is 5.90. The van der Waals surface area contributed by atoms with Gasteiger partial charge in [-0.2, -0.15) is 0 Å². The van der Waals surface area contributed by atoms with Gasteiger partial charge in [0.2, 0.25) is 5.91 Å². The first kappa shape index (κ1) is 17.3. The normalized spacial score (nSPS) is 13.1. The first-order valence-electron chi connectivity index (χ1n) is 6.68. The first-order valence-corrected chi connectivity index (χ1v) is 7.44. The van der Waals surface area contributed by atoms with E-state index < -0.39 is 0 Å². The number of hydrogen-bond donors (Lipinski definition) is 2. The average molecular weight is 317 g/mol. The van der Waals surface area contributed by atoms with E-state index in [0.29, 0.717) is 23.0 Å². The third-order valence-electron chi connectivity index (χ3n) is 2.76. The van der Waals surface area contributed by atoms with Gasteiger partial charge >= 0.3 is 0 Å². The van der Waals surface area contributed by atoms with Crippen LogP contribution in [-0.2, 0) is 4.79 Å². The Morgan fingerprint density at radius 3 is 2.45 bits per heavy atom. The lowest BCUT2D eigenvalue weighted by molar-refractivity contribution is -0.122. The molecule has 0 bridgehead atoms. The van der Waals surface area contributed by atoms with E-state index in [1.807, 2.05) is 39.8 Å². The molecule has 0 radical (unpaired) electrons. The Balaban J connectivity index is 2.42. The minimum Gasteiger partial charge on any atom is -0.351 e. The van der Waals surface area contributed by atoms with Crippen LogP contribution in [0.5, 0.6) is 0 Å². The minimum absolute atomic E-state index is 0.0475. The molecule has 112 valence electrons. The maximum Gasteiger partial charge on any atom is 0.221 e. The zero-order valence-corrected chi connectivity index (χ0v) is 13.9. The van der Waals surface area contributed by atoms with Crippen molar-refractivity contribution in [1.29, 1.82) is 0 Å². The summed E-state index contributed by atoms with van der Waals surface area (Å²) in [6.45, 7) is 8.55. The summed E-state index contributed by atoms with van der Waals surface area (Å²) < 4.78 is 0. The molecule has 3 nitrogen and oxygen atoms in total. The highest BCUT2D eigenvalue weighted by Crippen LogP contribution is 2.25. The number of halogens is 2. The van der Waals surface area contributed by atoms with Crippen molar-refractivity contribution in [2.24, 2.45) is 0 Å². The first-order chi connectivity index (χ1) is 9.19. The van der Waals surface area contributed by atoms with Crippen LogP contribution in [-0.4, -0.2) is 18.0 Å². The van der Waals surface area contributed by atoms with Crippen molar-refractivity contribution < 1.29 is 4.79 Å². The molecule has 0 aliphatic heterocycles. The molecule has 5 heteroatoms. The van der Waals surface area contributed by atoms with Crippen LogP contribution in [0.1, 0.15) is 45.7 Å². The van der Waals surface area contributed by atoms with Crippen LogP contribution in [0.2, 0.25) is 10.0 Å². The SMILES string of the molecule is CC(NCCC(=O)NC(C)(C)C)c1ccc(Cl)c(Cl)c1. The van der Waals surface area contributed by atoms with Crippen LogP contribution in [0.15, 0.2) is 18.2 Å². The van der Waals surface area contributed by atoms with E-state index in [2.05, 4.69) is 10.6 Å². The molecule has 0 saturated carbocycles. The van der Waals surface area contributed by atoms with Crippen molar-refractivity contribution in [1.82, 2.24) is 10.6 Å². The predicted octanol–water partition coefficient (Wildman–Crippen LogP) is 3.95. The number of carbonyl (C=O) groups excluding carboxylic acids is 1. The van der Waals surface area contributed by atoms with Gasteiger partial charge in [-0.3, -0.25) is 4.79 Å². The topological polar surface area (TPSA) is 41.1 Å². The Morgan fingerprint density at radius 2 is 1.90 bits per heavy atom. The van der Waals surface area contributed by atoms with Crippen LogP contribution in [0.25, 0.3) is 0 Å². The van der Waals surface area contributed by atoms with Gasteiger partial charge in [0.15, 0.2) is 0 Å². The number of benzene rings is 1. The maximum absolute atomic E-state index is 11.7. The van der Waals surface area contributed by atoms with Crippen molar-refractivity contribution in [3.8, 4) is 0 Å². The van der Waals surface area contributed by atoms with Crippen molar-refractivity contribution in [2.45, 2.75) is 45.7 Å². The number of hydrogen-bond acceptors (Lipinski definition) is 2. The molecule has 1 aromatic rings. The summed E-state index contributed by atoms with van der Waals surface area (Å²) in [6, 6.07) is 5.67. The number of nitrogens with one attached hydrogen (secondary N) is 2. The van der Waals surface area contributed by atoms with E-state index >= 15 is 0 Å². The zero-order chi connectivity index (χ0) is 15.3. The molecule has 1 unspecified atom stereocenters. The molecule has 0 spiro atoms. The van der Waals surface area contributed by atoms with Gasteiger partial charge in [0, 0.05) is 24.5 Å². The third kappa shape index (κ3) is 6.12. The van der Waals surface area contributed by atoms with Crippen LogP contribution in [0, 0.1) is 0 Å². The number of rotatable bonds is 5. The van der Waals surface area contributed by atoms with Gasteiger partial charge in [0.05, 0.1) is 10.0 Å². The monoisotopic (exact) mass is 316 g/mol. The molecule has 2 N–H and O–H groups in total. The second-order valence-corrected chi connectivity index (χ2v) is 6.71. The van der Waals surface area contributed by atoms with E-state index in [-0.39, 0.29) is 17.5 Å². The summed E-state index contributed by atoms with van der Waals surface area (Å²) in [7, 11) is 0. The Hall–Kier alpha value is -0.770. The van der Waals surface area contributed by atoms with E-state index in [1.165, 1.54) is 0 Å². The van der Waals surface area contributed by atoms with Crippen molar-refractivity contribution in [3.05, 3.63) is 33.8 Å². The largest absolute Gasteiger partial charge is 0.351 e. The fourth-order valence-corrected chi connectivity index (χ4v) is 2.09. The van der Waals surface area contributed by atoms with Gasteiger partial charge in [0.25, 0.3) is 0 Å². The zero-order valence-electron chi connectivity index (χ0n) is 12.4. The highest BCUT2D eigenvalue weighted by atomic mass is 35.5. The Kier molecular flexibility index (Phi) is 6.31. The summed E-state index contributed by atoms with van der Waals surface area (Å²) in [5, 5.41) is 7.32. The minimum atomic E-state index is -0.188. The lowest BCUT2D eigenvalue weighted by Gasteiger charge is -2.21. The summed E-state index contributed by atoms with van der Waals surface area (Å²) in [5.74, 6) is 0.0475. The summed E-state index contributed by atoms with van der Waals surface area (Å²) in [5.41, 5.74) is 0.863. The second kappa shape index (κ2) is 7.30. The fraction of sp³-hybridized carbons (Fsp3) is 0.533. The molecule has 0 heterocycles. The van der Waals surface area contributed by atoms with Crippen LogP contribution < -0.4 is 10.6 Å². The standard InChI is InChI=1S/C15H22Cl2N2O/c1-10(11-5-6-12(16)13(17)9-11)18-8-7-14(20)19-15(2,3)4/h5-6,9-10,18H,7-8H2,1-4H3,(H,19,20). The molecule has 1 atom stereocenters.